The van der Waals surface area contributed by atoms with Crippen molar-refractivity contribution in [2.75, 3.05) is 19.7 Å². The van der Waals surface area contributed by atoms with Crippen LogP contribution in [0, 0.1) is 6.92 Å². The molecule has 1 aliphatic heterocycles. The van der Waals surface area contributed by atoms with Crippen LogP contribution in [-0.4, -0.2) is 30.5 Å². The Kier molecular flexibility index (Phi) is 5.65. The van der Waals surface area contributed by atoms with Crippen LogP contribution in [0.1, 0.15) is 31.2 Å². The standard InChI is InChI=1S/C24H25NO4/c1-17-21(28-16-22(26)25-13-7-2-3-8-14-25)12-11-19-23(27)20(15-29-24(17)19)18-9-5-4-6-10-18/h4-6,9-12,15H,2-3,7-8,13-14,16H2,1H3. The minimum atomic E-state index is -0.0762. The minimum Gasteiger partial charge on any atom is -0.483 e. The number of hydrogen-bond acceptors (Lipinski definition) is 4. The first-order chi connectivity index (χ1) is 14.1. The van der Waals surface area contributed by atoms with Crippen molar-refractivity contribution in [1.29, 1.82) is 0 Å². The fraction of sp³-hybridized carbons (Fsp3) is 0.333. The molecule has 4 rings (SSSR count). The molecule has 2 heterocycles. The highest BCUT2D eigenvalue weighted by Gasteiger charge is 2.18. The van der Waals surface area contributed by atoms with Gasteiger partial charge in [0, 0.05) is 18.7 Å². The molecule has 1 amide bonds. The number of ether oxygens (including phenoxy) is 1. The average Bonchev–Trinajstić information content (AvgIpc) is 3.04. The summed E-state index contributed by atoms with van der Waals surface area (Å²) < 4.78 is 11.6. The molecule has 0 saturated carbocycles. The zero-order valence-electron chi connectivity index (χ0n) is 16.6. The molecular formula is C24H25NO4. The van der Waals surface area contributed by atoms with E-state index < -0.39 is 0 Å². The molecule has 1 saturated heterocycles. The molecule has 0 bridgehead atoms. The summed E-state index contributed by atoms with van der Waals surface area (Å²) in [6.45, 7) is 3.45. The average molecular weight is 391 g/mol. The second-order valence-corrected chi connectivity index (χ2v) is 7.49. The molecule has 2 aromatic carbocycles. The van der Waals surface area contributed by atoms with Crippen LogP contribution in [0.3, 0.4) is 0 Å². The van der Waals surface area contributed by atoms with E-state index in [0.717, 1.165) is 37.1 Å². The number of benzene rings is 2. The first kappa shape index (κ1) is 19.2. The largest absolute Gasteiger partial charge is 0.483 e. The van der Waals surface area contributed by atoms with Gasteiger partial charge in [-0.3, -0.25) is 9.59 Å². The summed E-state index contributed by atoms with van der Waals surface area (Å²) in [6, 6.07) is 12.9. The highest BCUT2D eigenvalue weighted by molar-refractivity contribution is 5.85. The quantitative estimate of drug-likeness (QED) is 0.655. The van der Waals surface area contributed by atoms with E-state index in [9.17, 15) is 9.59 Å². The van der Waals surface area contributed by atoms with Gasteiger partial charge in [-0.25, -0.2) is 0 Å². The lowest BCUT2D eigenvalue weighted by molar-refractivity contribution is -0.133. The van der Waals surface area contributed by atoms with Gasteiger partial charge in [-0.15, -0.1) is 0 Å². The van der Waals surface area contributed by atoms with Gasteiger partial charge in [0.15, 0.2) is 6.61 Å². The SMILES string of the molecule is Cc1c(OCC(=O)N2CCCCCC2)ccc2c(=O)c(-c3ccccc3)coc12. The van der Waals surface area contributed by atoms with Crippen LogP contribution in [0.5, 0.6) is 5.75 Å². The number of fused-ring (bicyclic) bond motifs is 1. The van der Waals surface area contributed by atoms with E-state index in [1.807, 2.05) is 42.2 Å². The summed E-state index contributed by atoms with van der Waals surface area (Å²) in [7, 11) is 0. The van der Waals surface area contributed by atoms with E-state index in [2.05, 4.69) is 0 Å². The maximum Gasteiger partial charge on any atom is 0.260 e. The van der Waals surface area contributed by atoms with Crippen molar-refractivity contribution < 1.29 is 13.9 Å². The van der Waals surface area contributed by atoms with Crippen molar-refractivity contribution in [3.63, 3.8) is 0 Å². The van der Waals surface area contributed by atoms with Gasteiger partial charge in [0.05, 0.1) is 10.9 Å². The third kappa shape index (κ3) is 4.04. The number of nitrogens with zero attached hydrogens (tertiary/aromatic N) is 1. The molecule has 1 aromatic heterocycles. The number of carbonyl (C=O) groups excluding carboxylic acids is 1. The normalized spacial score (nSPS) is 14.6. The van der Waals surface area contributed by atoms with E-state index in [4.69, 9.17) is 9.15 Å². The zero-order valence-corrected chi connectivity index (χ0v) is 16.6. The molecule has 0 atom stereocenters. The van der Waals surface area contributed by atoms with E-state index >= 15 is 0 Å². The van der Waals surface area contributed by atoms with E-state index in [0.29, 0.717) is 22.3 Å². The molecule has 150 valence electrons. The maximum atomic E-state index is 12.9. The number of hydrogen-bond donors (Lipinski definition) is 0. The molecule has 1 aliphatic rings. The van der Waals surface area contributed by atoms with Crippen molar-refractivity contribution >= 4 is 16.9 Å². The lowest BCUT2D eigenvalue weighted by Crippen LogP contribution is -2.35. The Balaban J connectivity index is 1.56. The number of rotatable bonds is 4. The Morgan fingerprint density at radius 2 is 1.76 bits per heavy atom. The lowest BCUT2D eigenvalue weighted by Gasteiger charge is -2.20. The molecule has 29 heavy (non-hydrogen) atoms. The summed E-state index contributed by atoms with van der Waals surface area (Å²) in [5.74, 6) is 0.573. The topological polar surface area (TPSA) is 59.8 Å². The van der Waals surface area contributed by atoms with Crippen LogP contribution >= 0.6 is 0 Å². The third-order valence-corrected chi connectivity index (χ3v) is 5.53. The molecule has 1 fully saturated rings. The summed E-state index contributed by atoms with van der Waals surface area (Å²) >= 11 is 0. The van der Waals surface area contributed by atoms with Crippen LogP contribution in [0.25, 0.3) is 22.1 Å². The highest BCUT2D eigenvalue weighted by atomic mass is 16.5. The van der Waals surface area contributed by atoms with Gasteiger partial charge in [0.1, 0.15) is 17.6 Å². The molecule has 3 aromatic rings. The highest BCUT2D eigenvalue weighted by Crippen LogP contribution is 2.28. The molecule has 5 nitrogen and oxygen atoms in total. The van der Waals surface area contributed by atoms with Gasteiger partial charge in [-0.05, 0) is 37.5 Å². The second-order valence-electron chi connectivity index (χ2n) is 7.49. The number of carbonyl (C=O) groups is 1. The monoisotopic (exact) mass is 391 g/mol. The summed E-state index contributed by atoms with van der Waals surface area (Å²) in [5, 5.41) is 0.509. The summed E-state index contributed by atoms with van der Waals surface area (Å²) in [6.07, 6.45) is 5.96. The Morgan fingerprint density at radius 1 is 1.03 bits per heavy atom. The Bertz CT molecular complexity index is 1060. The van der Waals surface area contributed by atoms with Crippen LogP contribution in [0.4, 0.5) is 0 Å². The van der Waals surface area contributed by atoms with Gasteiger partial charge in [-0.2, -0.15) is 0 Å². The Morgan fingerprint density at radius 3 is 2.48 bits per heavy atom. The molecular weight excluding hydrogens is 366 g/mol. The summed E-state index contributed by atoms with van der Waals surface area (Å²) in [5.41, 5.74) is 2.50. The molecule has 0 radical (unpaired) electrons. The first-order valence-corrected chi connectivity index (χ1v) is 10.2. The Hall–Kier alpha value is -3.08. The van der Waals surface area contributed by atoms with Crippen LogP contribution in [0.15, 0.2) is 57.9 Å². The number of likely N-dealkylation sites (tertiary alicyclic amines) is 1. The van der Waals surface area contributed by atoms with Crippen molar-refractivity contribution in [1.82, 2.24) is 4.90 Å². The molecule has 0 unspecified atom stereocenters. The minimum absolute atomic E-state index is 0.00131. The van der Waals surface area contributed by atoms with Crippen molar-refractivity contribution in [3.8, 4) is 16.9 Å². The van der Waals surface area contributed by atoms with Gasteiger partial charge < -0.3 is 14.1 Å². The van der Waals surface area contributed by atoms with Crippen molar-refractivity contribution in [2.45, 2.75) is 32.6 Å². The van der Waals surface area contributed by atoms with Gasteiger partial charge in [0.25, 0.3) is 5.91 Å². The van der Waals surface area contributed by atoms with Crippen molar-refractivity contribution in [3.05, 3.63) is 64.5 Å². The van der Waals surface area contributed by atoms with Gasteiger partial charge in [-0.1, -0.05) is 43.2 Å². The van der Waals surface area contributed by atoms with E-state index in [1.54, 1.807) is 12.1 Å². The van der Waals surface area contributed by atoms with Crippen molar-refractivity contribution in [2.24, 2.45) is 0 Å². The maximum absolute atomic E-state index is 12.9. The van der Waals surface area contributed by atoms with E-state index in [-0.39, 0.29) is 17.9 Å². The first-order valence-electron chi connectivity index (χ1n) is 10.2. The molecule has 0 aliphatic carbocycles. The van der Waals surface area contributed by atoms with Gasteiger partial charge >= 0.3 is 0 Å². The predicted octanol–water partition coefficient (Wildman–Crippen LogP) is 4.55. The Labute approximate surface area is 169 Å². The van der Waals surface area contributed by atoms with Crippen LogP contribution in [0.2, 0.25) is 0 Å². The number of amides is 1. The number of aryl methyl sites for hydroxylation is 1. The fourth-order valence-electron chi connectivity index (χ4n) is 3.84. The van der Waals surface area contributed by atoms with Gasteiger partial charge in [0.2, 0.25) is 5.43 Å². The predicted molar refractivity (Wildman–Crippen MR) is 113 cm³/mol. The van der Waals surface area contributed by atoms with Crippen LogP contribution in [-0.2, 0) is 4.79 Å². The molecule has 0 spiro atoms. The molecule has 0 N–H and O–H groups in total. The fourth-order valence-corrected chi connectivity index (χ4v) is 3.84. The zero-order chi connectivity index (χ0) is 20.2. The lowest BCUT2D eigenvalue weighted by atomic mass is 10.0. The second kappa shape index (κ2) is 8.52. The molecule has 5 heteroatoms. The van der Waals surface area contributed by atoms with Crippen LogP contribution < -0.4 is 10.2 Å². The smallest absolute Gasteiger partial charge is 0.260 e. The van der Waals surface area contributed by atoms with E-state index in [1.165, 1.54) is 19.1 Å². The summed E-state index contributed by atoms with van der Waals surface area (Å²) in [4.78, 5) is 27.3. The third-order valence-electron chi connectivity index (χ3n) is 5.53.